The van der Waals surface area contributed by atoms with Crippen molar-refractivity contribution in [3.63, 3.8) is 0 Å². The van der Waals surface area contributed by atoms with E-state index in [0.29, 0.717) is 26.2 Å². The van der Waals surface area contributed by atoms with E-state index in [-0.39, 0.29) is 12.6 Å². The lowest BCUT2D eigenvalue weighted by Crippen LogP contribution is -2.30. The summed E-state index contributed by atoms with van der Waals surface area (Å²) in [6.45, 7) is 3.49. The second-order valence-electron chi connectivity index (χ2n) is 5.08. The van der Waals surface area contributed by atoms with E-state index < -0.39 is 0 Å². The maximum absolute atomic E-state index is 11.9. The molecular formula is C17H22N2O3S. The summed E-state index contributed by atoms with van der Waals surface area (Å²) in [6.07, 6.45) is 0.710. The molecule has 124 valence electrons. The molecule has 23 heavy (non-hydrogen) atoms. The molecule has 2 amide bonds. The minimum atomic E-state index is -0.229. The van der Waals surface area contributed by atoms with Crippen molar-refractivity contribution in [2.75, 3.05) is 31.7 Å². The molecular weight excluding hydrogens is 312 g/mol. The first-order chi connectivity index (χ1) is 11.2. The number of aliphatic hydroxyl groups is 1. The zero-order valence-electron chi connectivity index (χ0n) is 13.2. The number of aliphatic hydroxyl groups excluding tert-OH is 1. The molecule has 0 saturated heterocycles. The van der Waals surface area contributed by atoms with Gasteiger partial charge in [-0.15, -0.1) is 11.3 Å². The Hall–Kier alpha value is -1.89. The highest BCUT2D eigenvalue weighted by Gasteiger charge is 2.06. The minimum absolute atomic E-state index is 0.0218. The number of amides is 2. The number of ether oxygens (including phenoxy) is 1. The van der Waals surface area contributed by atoms with Crippen LogP contribution in [0.15, 0.2) is 35.7 Å². The number of anilines is 1. The molecule has 0 fully saturated rings. The fraction of sp³-hybridized carbons (Fsp3) is 0.353. The first kappa shape index (κ1) is 17.5. The molecule has 0 aliphatic heterocycles. The van der Waals surface area contributed by atoms with Crippen LogP contribution in [0.1, 0.15) is 12.0 Å². The maximum atomic E-state index is 11.9. The highest BCUT2D eigenvalue weighted by molar-refractivity contribution is 7.13. The van der Waals surface area contributed by atoms with E-state index in [4.69, 9.17) is 9.84 Å². The van der Waals surface area contributed by atoms with E-state index in [0.717, 1.165) is 11.3 Å². The van der Waals surface area contributed by atoms with Crippen LogP contribution < -0.4 is 10.6 Å². The molecule has 1 heterocycles. The molecule has 0 aliphatic carbocycles. The fourth-order valence-electron chi connectivity index (χ4n) is 2.12. The van der Waals surface area contributed by atoms with Gasteiger partial charge >= 0.3 is 6.03 Å². The first-order valence-corrected chi connectivity index (χ1v) is 8.46. The van der Waals surface area contributed by atoms with Crippen LogP contribution in [0.4, 0.5) is 10.5 Å². The minimum Gasteiger partial charge on any atom is -0.394 e. The van der Waals surface area contributed by atoms with E-state index in [1.807, 2.05) is 24.3 Å². The normalized spacial score (nSPS) is 10.5. The Balaban J connectivity index is 1.81. The van der Waals surface area contributed by atoms with Gasteiger partial charge in [-0.1, -0.05) is 12.1 Å². The Morgan fingerprint density at radius 3 is 2.91 bits per heavy atom. The summed E-state index contributed by atoms with van der Waals surface area (Å²) in [7, 11) is 0. The maximum Gasteiger partial charge on any atom is 0.319 e. The number of nitrogens with one attached hydrogen (secondary N) is 2. The molecule has 0 spiro atoms. The smallest absolute Gasteiger partial charge is 0.319 e. The molecule has 5 nitrogen and oxygen atoms in total. The van der Waals surface area contributed by atoms with Gasteiger partial charge in [-0.25, -0.2) is 4.79 Å². The molecule has 1 aromatic carbocycles. The Labute approximate surface area is 140 Å². The van der Waals surface area contributed by atoms with Crippen LogP contribution in [0.3, 0.4) is 0 Å². The van der Waals surface area contributed by atoms with Crippen LogP contribution in [0.25, 0.3) is 10.4 Å². The zero-order chi connectivity index (χ0) is 16.5. The Morgan fingerprint density at radius 2 is 2.17 bits per heavy atom. The van der Waals surface area contributed by atoms with E-state index in [1.54, 1.807) is 11.3 Å². The predicted molar refractivity (Wildman–Crippen MR) is 94.0 cm³/mol. The molecule has 3 N–H and O–H groups in total. The SMILES string of the molecule is Cc1ccsc1-c1cccc(NC(=O)NCCCOCCO)c1. The molecule has 6 heteroatoms. The molecule has 0 atom stereocenters. The third-order valence-corrected chi connectivity index (χ3v) is 4.30. The van der Waals surface area contributed by atoms with Gasteiger partial charge in [0.05, 0.1) is 13.2 Å². The number of carbonyl (C=O) groups is 1. The van der Waals surface area contributed by atoms with Crippen LogP contribution in [-0.2, 0) is 4.74 Å². The largest absolute Gasteiger partial charge is 0.394 e. The highest BCUT2D eigenvalue weighted by atomic mass is 32.1. The highest BCUT2D eigenvalue weighted by Crippen LogP contribution is 2.30. The van der Waals surface area contributed by atoms with Crippen LogP contribution in [-0.4, -0.2) is 37.5 Å². The van der Waals surface area contributed by atoms with Gasteiger partial charge in [0.2, 0.25) is 0 Å². The monoisotopic (exact) mass is 334 g/mol. The quantitative estimate of drug-likeness (QED) is 0.649. The average Bonchev–Trinajstić information content (AvgIpc) is 2.97. The van der Waals surface area contributed by atoms with Crippen molar-refractivity contribution >= 4 is 23.1 Å². The van der Waals surface area contributed by atoms with Gasteiger partial charge in [0.25, 0.3) is 0 Å². The van der Waals surface area contributed by atoms with Gasteiger partial charge in [-0.3, -0.25) is 0 Å². The lowest BCUT2D eigenvalue weighted by Gasteiger charge is -2.09. The fourth-order valence-corrected chi connectivity index (χ4v) is 3.05. The average molecular weight is 334 g/mol. The summed E-state index contributed by atoms with van der Waals surface area (Å²) in [5, 5.41) is 16.3. The van der Waals surface area contributed by atoms with E-state index in [1.165, 1.54) is 10.4 Å². The first-order valence-electron chi connectivity index (χ1n) is 7.58. The van der Waals surface area contributed by atoms with Crippen LogP contribution >= 0.6 is 11.3 Å². The lowest BCUT2D eigenvalue weighted by molar-refractivity contribution is 0.0910. The van der Waals surface area contributed by atoms with Gasteiger partial charge in [0, 0.05) is 23.7 Å². The zero-order valence-corrected chi connectivity index (χ0v) is 14.0. The molecule has 2 rings (SSSR count). The second-order valence-corrected chi connectivity index (χ2v) is 6.00. The van der Waals surface area contributed by atoms with Crippen molar-refractivity contribution in [2.45, 2.75) is 13.3 Å². The number of aryl methyl sites for hydroxylation is 1. The van der Waals surface area contributed by atoms with Gasteiger partial charge in [0.15, 0.2) is 0 Å². The van der Waals surface area contributed by atoms with Gasteiger partial charge < -0.3 is 20.5 Å². The number of carbonyl (C=O) groups excluding carboxylic acids is 1. The van der Waals surface area contributed by atoms with E-state index in [9.17, 15) is 4.79 Å². The van der Waals surface area contributed by atoms with Gasteiger partial charge in [-0.2, -0.15) is 0 Å². The molecule has 0 bridgehead atoms. The molecule has 0 unspecified atom stereocenters. The van der Waals surface area contributed by atoms with Gasteiger partial charge in [-0.05, 0) is 48.1 Å². The topological polar surface area (TPSA) is 70.6 Å². The molecule has 0 aliphatic rings. The number of rotatable bonds is 8. The van der Waals surface area contributed by atoms with Crippen molar-refractivity contribution < 1.29 is 14.6 Å². The van der Waals surface area contributed by atoms with Crippen molar-refractivity contribution in [2.24, 2.45) is 0 Å². The van der Waals surface area contributed by atoms with Crippen LogP contribution in [0, 0.1) is 6.92 Å². The third-order valence-electron chi connectivity index (χ3n) is 3.23. The number of urea groups is 1. The number of hydrogen-bond donors (Lipinski definition) is 3. The standard InChI is InChI=1S/C17H22N2O3S/c1-13-6-11-23-16(13)14-4-2-5-15(12-14)19-17(21)18-7-3-9-22-10-8-20/h2,4-6,11-12,20H,3,7-10H2,1H3,(H2,18,19,21). The molecule has 0 radical (unpaired) electrons. The summed E-state index contributed by atoms with van der Waals surface area (Å²) in [5.74, 6) is 0. The van der Waals surface area contributed by atoms with Crippen LogP contribution in [0.5, 0.6) is 0 Å². The third kappa shape index (κ3) is 5.67. The number of benzene rings is 1. The van der Waals surface area contributed by atoms with E-state index in [2.05, 4.69) is 29.0 Å². The Kier molecular flexibility index (Phi) is 7.06. The van der Waals surface area contributed by atoms with Crippen LogP contribution in [0.2, 0.25) is 0 Å². The van der Waals surface area contributed by atoms with E-state index >= 15 is 0 Å². The molecule has 1 aromatic heterocycles. The summed E-state index contributed by atoms with van der Waals surface area (Å²) in [4.78, 5) is 13.1. The number of hydrogen-bond acceptors (Lipinski definition) is 4. The number of thiophene rings is 1. The summed E-state index contributed by atoms with van der Waals surface area (Å²) >= 11 is 1.69. The summed E-state index contributed by atoms with van der Waals surface area (Å²) in [5.41, 5.74) is 3.11. The Morgan fingerprint density at radius 1 is 1.30 bits per heavy atom. The van der Waals surface area contributed by atoms with Crippen molar-refractivity contribution in [1.82, 2.24) is 5.32 Å². The molecule has 2 aromatic rings. The second kappa shape index (κ2) is 9.29. The molecule has 0 saturated carbocycles. The summed E-state index contributed by atoms with van der Waals surface area (Å²) in [6, 6.07) is 9.69. The van der Waals surface area contributed by atoms with Crippen molar-refractivity contribution in [3.05, 3.63) is 41.3 Å². The van der Waals surface area contributed by atoms with Crippen molar-refractivity contribution in [3.8, 4) is 10.4 Å². The summed E-state index contributed by atoms with van der Waals surface area (Å²) < 4.78 is 5.13. The Bertz CT molecular complexity index is 628. The lowest BCUT2D eigenvalue weighted by atomic mass is 10.1. The predicted octanol–water partition coefficient (Wildman–Crippen LogP) is 3.24. The van der Waals surface area contributed by atoms with Crippen molar-refractivity contribution in [1.29, 1.82) is 0 Å². The van der Waals surface area contributed by atoms with Gasteiger partial charge in [0.1, 0.15) is 0 Å².